The van der Waals surface area contributed by atoms with Crippen LogP contribution < -0.4 is 15.4 Å². The number of benzene rings is 1. The van der Waals surface area contributed by atoms with E-state index in [1.165, 1.54) is 19.4 Å². The molecule has 1 amide bonds. The van der Waals surface area contributed by atoms with Crippen molar-refractivity contribution in [1.29, 1.82) is 0 Å². The monoisotopic (exact) mass is 411 g/mol. The van der Waals surface area contributed by atoms with Crippen molar-refractivity contribution in [3.63, 3.8) is 0 Å². The van der Waals surface area contributed by atoms with Gasteiger partial charge in [0.2, 0.25) is 0 Å². The number of piperidine rings is 1. The van der Waals surface area contributed by atoms with Gasteiger partial charge in [0.05, 0.1) is 10.2 Å². The molecule has 0 spiro atoms. The van der Waals surface area contributed by atoms with Crippen LogP contribution in [0.4, 0.5) is 5.13 Å². The third kappa shape index (κ3) is 4.83. The molecule has 1 atom stereocenters. The van der Waals surface area contributed by atoms with E-state index in [0.717, 1.165) is 28.4 Å². The van der Waals surface area contributed by atoms with Gasteiger partial charge in [0, 0.05) is 38.5 Å². The maximum absolute atomic E-state index is 11.7. The molecule has 8 heteroatoms. The van der Waals surface area contributed by atoms with Crippen LogP contribution in [0, 0.1) is 5.92 Å². The van der Waals surface area contributed by atoms with Crippen LogP contribution in [0.2, 0.25) is 0 Å². The van der Waals surface area contributed by atoms with Crippen molar-refractivity contribution in [1.82, 2.24) is 20.2 Å². The summed E-state index contributed by atoms with van der Waals surface area (Å²) in [4.78, 5) is 22.9. The molecular weight excluding hydrogens is 386 g/mol. The fourth-order valence-corrected chi connectivity index (χ4v) is 4.48. The second-order valence-electron chi connectivity index (χ2n) is 7.36. The number of rotatable bonds is 6. The van der Waals surface area contributed by atoms with Crippen LogP contribution in [0.5, 0.6) is 11.5 Å². The van der Waals surface area contributed by atoms with Crippen LogP contribution in [0.15, 0.2) is 36.5 Å². The van der Waals surface area contributed by atoms with E-state index in [2.05, 4.69) is 32.5 Å². The van der Waals surface area contributed by atoms with E-state index in [0.29, 0.717) is 23.1 Å². The van der Waals surface area contributed by atoms with Gasteiger partial charge in [-0.3, -0.25) is 9.78 Å². The van der Waals surface area contributed by atoms with Gasteiger partial charge in [-0.1, -0.05) is 11.3 Å². The Morgan fingerprint density at radius 2 is 2.17 bits per heavy atom. The molecule has 0 radical (unpaired) electrons. The molecule has 29 heavy (non-hydrogen) atoms. The number of ether oxygens (including phenoxy) is 1. The van der Waals surface area contributed by atoms with Gasteiger partial charge in [-0.25, -0.2) is 4.98 Å². The summed E-state index contributed by atoms with van der Waals surface area (Å²) < 4.78 is 6.99. The fraction of sp³-hybridized carbons (Fsp3) is 0.381. The molecule has 1 fully saturated rings. The molecule has 0 saturated carbocycles. The maximum Gasteiger partial charge on any atom is 0.269 e. The highest BCUT2D eigenvalue weighted by Crippen LogP contribution is 2.31. The Morgan fingerprint density at radius 1 is 1.31 bits per heavy atom. The minimum atomic E-state index is -0.242. The third-order valence-electron chi connectivity index (χ3n) is 5.05. The summed E-state index contributed by atoms with van der Waals surface area (Å²) in [5.41, 5.74) is 1.27. The number of thiazole rings is 1. The minimum Gasteiger partial charge on any atom is -0.457 e. The standard InChI is InChI=1S/C21H25N5O2S/c1-22-20(27)18-10-16(7-8-23-18)28-15-5-6-17-19(11-15)29-21(25-17)24-12-14-4-3-9-26(2)13-14/h5-8,10-11,14H,3-4,9,12-13H2,1-2H3,(H,22,27)(H,24,25). The van der Waals surface area contributed by atoms with Crippen molar-refractivity contribution in [3.05, 3.63) is 42.2 Å². The number of pyridine rings is 1. The molecule has 152 valence electrons. The first-order chi connectivity index (χ1) is 14.1. The van der Waals surface area contributed by atoms with Crippen molar-refractivity contribution in [2.24, 2.45) is 5.92 Å². The Balaban J connectivity index is 1.43. The minimum absolute atomic E-state index is 0.242. The zero-order valence-corrected chi connectivity index (χ0v) is 17.5. The fourth-order valence-electron chi connectivity index (χ4n) is 3.58. The molecule has 1 saturated heterocycles. The molecule has 0 aliphatic carbocycles. The van der Waals surface area contributed by atoms with E-state index in [1.54, 1.807) is 36.7 Å². The normalized spacial score (nSPS) is 17.2. The maximum atomic E-state index is 11.7. The zero-order valence-electron chi connectivity index (χ0n) is 16.6. The molecule has 3 aromatic rings. The molecule has 3 heterocycles. The average molecular weight is 412 g/mol. The number of hydrogen-bond donors (Lipinski definition) is 2. The predicted octanol–water partition coefficient (Wildman–Crippen LogP) is 3.60. The highest BCUT2D eigenvalue weighted by molar-refractivity contribution is 7.22. The smallest absolute Gasteiger partial charge is 0.269 e. The number of carbonyl (C=O) groups is 1. The Hall–Kier alpha value is -2.71. The topological polar surface area (TPSA) is 79.4 Å². The molecule has 0 bridgehead atoms. The number of amides is 1. The first kappa shape index (κ1) is 19.6. The van der Waals surface area contributed by atoms with E-state index in [9.17, 15) is 4.79 Å². The molecule has 4 rings (SSSR count). The lowest BCUT2D eigenvalue weighted by molar-refractivity contribution is 0.0958. The van der Waals surface area contributed by atoms with Crippen LogP contribution in [0.1, 0.15) is 23.3 Å². The number of anilines is 1. The lowest BCUT2D eigenvalue weighted by Gasteiger charge is -2.29. The van der Waals surface area contributed by atoms with Crippen LogP contribution >= 0.6 is 11.3 Å². The van der Waals surface area contributed by atoms with Gasteiger partial charge in [0.1, 0.15) is 17.2 Å². The molecule has 1 unspecified atom stereocenters. The van der Waals surface area contributed by atoms with E-state index in [4.69, 9.17) is 4.74 Å². The zero-order chi connectivity index (χ0) is 20.2. The van der Waals surface area contributed by atoms with Crippen LogP contribution in [-0.4, -0.2) is 54.5 Å². The summed E-state index contributed by atoms with van der Waals surface area (Å²) in [7, 11) is 3.76. The number of likely N-dealkylation sites (tertiary alicyclic amines) is 1. The highest BCUT2D eigenvalue weighted by atomic mass is 32.1. The summed E-state index contributed by atoms with van der Waals surface area (Å²) in [6.07, 6.45) is 4.10. The van der Waals surface area contributed by atoms with Crippen LogP contribution in [-0.2, 0) is 0 Å². The summed E-state index contributed by atoms with van der Waals surface area (Å²) >= 11 is 1.63. The number of hydrogen-bond acceptors (Lipinski definition) is 7. The SMILES string of the molecule is CNC(=O)c1cc(Oc2ccc3nc(NCC4CCCN(C)C4)sc3c2)ccn1. The Labute approximate surface area is 174 Å². The van der Waals surface area contributed by atoms with E-state index in [-0.39, 0.29) is 5.91 Å². The molecule has 1 aliphatic heterocycles. The van der Waals surface area contributed by atoms with E-state index >= 15 is 0 Å². The van der Waals surface area contributed by atoms with Crippen molar-refractivity contribution >= 4 is 32.6 Å². The second-order valence-corrected chi connectivity index (χ2v) is 8.39. The first-order valence-corrected chi connectivity index (χ1v) is 10.6. The van der Waals surface area contributed by atoms with E-state index in [1.807, 2.05) is 18.2 Å². The van der Waals surface area contributed by atoms with Crippen molar-refractivity contribution < 1.29 is 9.53 Å². The molecule has 2 N–H and O–H groups in total. The molecule has 2 aromatic heterocycles. The van der Waals surface area contributed by atoms with Gasteiger partial charge in [0.15, 0.2) is 5.13 Å². The number of nitrogens with zero attached hydrogens (tertiary/aromatic N) is 3. The van der Waals surface area contributed by atoms with Gasteiger partial charge in [-0.15, -0.1) is 0 Å². The summed E-state index contributed by atoms with van der Waals surface area (Å²) in [6, 6.07) is 9.19. The van der Waals surface area contributed by atoms with Crippen LogP contribution in [0.3, 0.4) is 0 Å². The Kier molecular flexibility index (Phi) is 5.92. The third-order valence-corrected chi connectivity index (χ3v) is 6.03. The quantitative estimate of drug-likeness (QED) is 0.645. The highest BCUT2D eigenvalue weighted by Gasteiger charge is 2.17. The Bertz CT molecular complexity index is 1010. The van der Waals surface area contributed by atoms with E-state index < -0.39 is 0 Å². The van der Waals surface area contributed by atoms with Gasteiger partial charge in [0.25, 0.3) is 5.91 Å². The Morgan fingerprint density at radius 3 is 3.00 bits per heavy atom. The summed E-state index contributed by atoms with van der Waals surface area (Å²) in [5, 5.41) is 7.01. The number of aromatic nitrogens is 2. The van der Waals surface area contributed by atoms with Gasteiger partial charge >= 0.3 is 0 Å². The number of fused-ring (bicyclic) bond motifs is 1. The van der Waals surface area contributed by atoms with Crippen molar-refractivity contribution in [2.75, 3.05) is 39.0 Å². The summed E-state index contributed by atoms with van der Waals surface area (Å²) in [6.45, 7) is 3.29. The lowest BCUT2D eigenvalue weighted by Crippen LogP contribution is -2.35. The van der Waals surface area contributed by atoms with Crippen LogP contribution in [0.25, 0.3) is 10.2 Å². The predicted molar refractivity (Wildman–Crippen MR) is 116 cm³/mol. The number of nitrogens with one attached hydrogen (secondary N) is 2. The number of carbonyl (C=O) groups excluding carboxylic acids is 1. The molecular formula is C21H25N5O2S. The summed E-state index contributed by atoms with van der Waals surface area (Å²) in [5.74, 6) is 1.70. The average Bonchev–Trinajstić information content (AvgIpc) is 3.14. The van der Waals surface area contributed by atoms with Crippen molar-refractivity contribution in [2.45, 2.75) is 12.8 Å². The van der Waals surface area contributed by atoms with Gasteiger partial charge < -0.3 is 20.3 Å². The van der Waals surface area contributed by atoms with Gasteiger partial charge in [-0.2, -0.15) is 0 Å². The van der Waals surface area contributed by atoms with Crippen molar-refractivity contribution in [3.8, 4) is 11.5 Å². The molecule has 1 aromatic carbocycles. The lowest BCUT2D eigenvalue weighted by atomic mass is 9.99. The molecule has 7 nitrogen and oxygen atoms in total. The second kappa shape index (κ2) is 8.75. The first-order valence-electron chi connectivity index (χ1n) is 9.80. The van der Waals surface area contributed by atoms with Gasteiger partial charge in [-0.05, 0) is 50.6 Å². The molecule has 1 aliphatic rings. The largest absolute Gasteiger partial charge is 0.457 e.